The number of carbonyl (C=O) groups is 1. The Hall–Kier alpha value is -0.920. The van der Waals surface area contributed by atoms with Crippen molar-refractivity contribution >= 4 is 13.7 Å². The van der Waals surface area contributed by atoms with Gasteiger partial charge in [0.05, 0.1) is 18.8 Å². The molecule has 12 nitrogen and oxygen atoms in total. The molecular weight excluding hydrogens is 894 g/mol. The molecule has 0 aromatic carbocycles. The fourth-order valence-electron chi connectivity index (χ4n) is 9.61. The van der Waals surface area contributed by atoms with Gasteiger partial charge < -0.3 is 40.8 Å². The van der Waals surface area contributed by atoms with Gasteiger partial charge in [0.1, 0.15) is 36.6 Å². The van der Waals surface area contributed by atoms with Gasteiger partial charge in [0.2, 0.25) is 5.91 Å². The lowest BCUT2D eigenvalue weighted by atomic mass is 9.85. The molecule has 9 atom stereocenters. The van der Waals surface area contributed by atoms with E-state index in [1.54, 1.807) is 6.08 Å². The van der Waals surface area contributed by atoms with Crippen LogP contribution in [-0.2, 0) is 18.4 Å². The minimum absolute atomic E-state index is 0.219. The largest absolute Gasteiger partial charge is 0.472 e. The molecule has 69 heavy (non-hydrogen) atoms. The van der Waals surface area contributed by atoms with Crippen molar-refractivity contribution in [3.8, 4) is 0 Å². The quantitative estimate of drug-likeness (QED) is 0.0163. The predicted molar refractivity (Wildman–Crippen MR) is 283 cm³/mol. The van der Waals surface area contributed by atoms with Gasteiger partial charge in [-0.25, -0.2) is 4.57 Å². The van der Waals surface area contributed by atoms with E-state index in [1.165, 1.54) is 212 Å². The molecule has 0 heterocycles. The van der Waals surface area contributed by atoms with E-state index < -0.39 is 63.2 Å². The molecule has 0 aromatic rings. The van der Waals surface area contributed by atoms with Crippen LogP contribution >= 0.6 is 7.82 Å². The minimum Gasteiger partial charge on any atom is -0.387 e. The zero-order chi connectivity index (χ0) is 50.6. The molecule has 1 aliphatic carbocycles. The Morgan fingerprint density at radius 3 is 1.10 bits per heavy atom. The third kappa shape index (κ3) is 36.6. The highest BCUT2D eigenvalue weighted by Gasteiger charge is 2.51. The Bertz CT molecular complexity index is 1210. The van der Waals surface area contributed by atoms with E-state index in [2.05, 4.69) is 19.2 Å². The van der Waals surface area contributed by atoms with Gasteiger partial charge >= 0.3 is 7.82 Å². The van der Waals surface area contributed by atoms with E-state index in [0.717, 1.165) is 44.9 Å². The van der Waals surface area contributed by atoms with Crippen LogP contribution in [0.15, 0.2) is 12.2 Å². The molecule has 0 spiro atoms. The zero-order valence-electron chi connectivity index (χ0n) is 44.4. The topological polar surface area (TPSA) is 206 Å². The van der Waals surface area contributed by atoms with E-state index in [1.807, 2.05) is 6.08 Å². The third-order valence-electron chi connectivity index (χ3n) is 14.3. The maximum Gasteiger partial charge on any atom is 0.472 e. The number of hydrogen-bond donors (Lipinski definition) is 8. The summed E-state index contributed by atoms with van der Waals surface area (Å²) in [6, 6.07) is -1.11. The Labute approximate surface area is 422 Å². The van der Waals surface area contributed by atoms with Gasteiger partial charge in [-0.3, -0.25) is 13.8 Å². The van der Waals surface area contributed by atoms with Crippen molar-refractivity contribution in [1.29, 1.82) is 0 Å². The Morgan fingerprint density at radius 1 is 0.478 bits per heavy atom. The highest BCUT2D eigenvalue weighted by Crippen LogP contribution is 2.47. The molecule has 1 amide bonds. The van der Waals surface area contributed by atoms with E-state index >= 15 is 0 Å². The summed E-state index contributed by atoms with van der Waals surface area (Å²) in [4.78, 5) is 23.5. The lowest BCUT2D eigenvalue weighted by Gasteiger charge is -2.41. The number of hydrogen-bond acceptors (Lipinski definition) is 10. The molecule has 0 saturated heterocycles. The summed E-state index contributed by atoms with van der Waals surface area (Å²) in [6.45, 7) is 3.87. The number of aliphatic hydroxyl groups excluding tert-OH is 6. The number of phosphoric ester groups is 1. The summed E-state index contributed by atoms with van der Waals surface area (Å²) < 4.78 is 23.0. The number of aliphatic hydroxyl groups is 6. The van der Waals surface area contributed by atoms with Crippen molar-refractivity contribution in [2.75, 3.05) is 6.61 Å². The molecule has 1 saturated carbocycles. The van der Waals surface area contributed by atoms with Crippen molar-refractivity contribution in [2.24, 2.45) is 0 Å². The monoisotopic (exact) mass is 1000 g/mol. The summed E-state index contributed by atoms with van der Waals surface area (Å²) in [5.41, 5.74) is 0. The number of allylic oxidation sites excluding steroid dienone is 1. The van der Waals surface area contributed by atoms with Crippen molar-refractivity contribution in [3.63, 3.8) is 0 Å². The first kappa shape index (κ1) is 66.1. The van der Waals surface area contributed by atoms with Crippen LogP contribution in [0.5, 0.6) is 0 Å². The molecule has 1 aliphatic rings. The Balaban J connectivity index is 2.24. The average molecular weight is 1000 g/mol. The third-order valence-corrected chi connectivity index (χ3v) is 15.3. The molecule has 0 bridgehead atoms. The molecule has 1 rings (SSSR count). The molecule has 6 unspecified atom stereocenters. The summed E-state index contributed by atoms with van der Waals surface area (Å²) in [5, 5.41) is 64.2. The molecule has 0 radical (unpaired) electrons. The highest BCUT2D eigenvalue weighted by atomic mass is 31.2. The lowest BCUT2D eigenvalue weighted by Crippen LogP contribution is -2.64. The van der Waals surface area contributed by atoms with E-state index in [9.17, 15) is 44.9 Å². The molecular formula is C56H110NO11P. The maximum absolute atomic E-state index is 13.0. The fraction of sp³-hybridized carbons (Fsp3) is 0.946. The summed E-state index contributed by atoms with van der Waals surface area (Å²) in [6.07, 6.45) is 43.1. The van der Waals surface area contributed by atoms with Crippen molar-refractivity contribution in [3.05, 3.63) is 12.2 Å². The number of phosphoric acid groups is 1. The van der Waals surface area contributed by atoms with Crippen molar-refractivity contribution in [2.45, 2.75) is 332 Å². The molecule has 1 fully saturated rings. The molecule has 410 valence electrons. The van der Waals surface area contributed by atoms with Gasteiger partial charge in [-0.1, -0.05) is 270 Å². The second-order valence-electron chi connectivity index (χ2n) is 20.9. The smallest absolute Gasteiger partial charge is 0.387 e. The lowest BCUT2D eigenvalue weighted by molar-refractivity contribution is -0.220. The van der Waals surface area contributed by atoms with Crippen LogP contribution in [0, 0.1) is 0 Å². The van der Waals surface area contributed by atoms with Crippen LogP contribution in [0.3, 0.4) is 0 Å². The Morgan fingerprint density at radius 2 is 0.768 bits per heavy atom. The summed E-state index contributed by atoms with van der Waals surface area (Å²) >= 11 is 0. The van der Waals surface area contributed by atoms with Gasteiger partial charge in [-0.05, 0) is 19.3 Å². The number of carbonyl (C=O) groups excluding carboxylic acids is 1. The first-order valence-corrected chi connectivity index (χ1v) is 30.6. The molecule has 8 N–H and O–H groups in total. The van der Waals surface area contributed by atoms with Crippen LogP contribution in [0.4, 0.5) is 0 Å². The highest BCUT2D eigenvalue weighted by molar-refractivity contribution is 7.47. The standard InChI is InChI=1S/C56H110NO11P/c1-3-5-7-9-11-13-15-17-18-19-20-21-22-23-24-25-26-27-28-29-30-31-32-34-36-38-40-42-44-46-50(59)57-48(49(58)45-43-41-39-37-35-33-16-14-12-10-8-6-4-2)47-67-69(65,66)68-56-54(63)52(61)51(60)53(62)55(56)64/h43,45,48-49,51-56,58,60-64H,3-42,44,46-47H2,1-2H3,(H,57,59)(H,65,66)/b45-43+/t48-,49+,51?,52+,53?,54?,55?,56?/m0/s1. The number of nitrogens with one attached hydrogen (secondary N) is 1. The first-order valence-electron chi connectivity index (χ1n) is 29.1. The second-order valence-corrected chi connectivity index (χ2v) is 22.3. The van der Waals surface area contributed by atoms with Crippen LogP contribution in [0.2, 0.25) is 0 Å². The molecule has 0 aliphatic heterocycles. The van der Waals surface area contributed by atoms with Crippen LogP contribution in [0.25, 0.3) is 0 Å². The van der Waals surface area contributed by atoms with E-state index in [0.29, 0.717) is 6.42 Å². The van der Waals surface area contributed by atoms with Crippen LogP contribution in [0.1, 0.15) is 284 Å². The normalized spacial score (nSPS) is 21.5. The fourth-order valence-corrected chi connectivity index (χ4v) is 10.6. The number of rotatable bonds is 50. The van der Waals surface area contributed by atoms with Crippen LogP contribution < -0.4 is 5.32 Å². The maximum atomic E-state index is 13.0. The van der Waals surface area contributed by atoms with Gasteiger partial charge in [0.25, 0.3) is 0 Å². The van der Waals surface area contributed by atoms with Crippen molar-refractivity contribution in [1.82, 2.24) is 5.32 Å². The summed E-state index contributed by atoms with van der Waals surface area (Å²) in [7, 11) is -5.08. The van der Waals surface area contributed by atoms with E-state index in [-0.39, 0.29) is 12.3 Å². The van der Waals surface area contributed by atoms with Crippen molar-refractivity contribution < 1.29 is 53.9 Å². The van der Waals surface area contributed by atoms with E-state index in [4.69, 9.17) is 9.05 Å². The average Bonchev–Trinajstić information content (AvgIpc) is 3.33. The van der Waals surface area contributed by atoms with Gasteiger partial charge in [0, 0.05) is 6.42 Å². The van der Waals surface area contributed by atoms with Crippen LogP contribution in [-0.4, -0.2) is 96.8 Å². The van der Waals surface area contributed by atoms with Gasteiger partial charge in [-0.15, -0.1) is 0 Å². The number of amides is 1. The minimum atomic E-state index is -5.08. The van der Waals surface area contributed by atoms with Gasteiger partial charge in [-0.2, -0.15) is 0 Å². The SMILES string of the molecule is CCCCCCCCCCCCC/C=C/[C@@H](O)[C@H](COP(=O)(O)OC1C(O)C(O)C(O)[C@@H](O)C1O)NC(=O)CCCCCCCCCCCCCCCCCCCCCCCCCCCCCCC. The number of unbranched alkanes of at least 4 members (excludes halogenated alkanes) is 39. The molecule has 13 heteroatoms. The predicted octanol–water partition coefficient (Wildman–Crippen LogP) is 13.1. The second kappa shape index (κ2) is 45.7. The Kier molecular flexibility index (Phi) is 43.8. The zero-order valence-corrected chi connectivity index (χ0v) is 45.3. The van der Waals surface area contributed by atoms with Gasteiger partial charge in [0.15, 0.2) is 0 Å². The first-order chi connectivity index (χ1) is 33.4. The summed E-state index contributed by atoms with van der Waals surface area (Å²) in [5.74, 6) is -0.335. The molecule has 0 aromatic heterocycles.